The molecule has 2 heteroatoms. The van der Waals surface area contributed by atoms with E-state index in [1.165, 1.54) is 90.5 Å². The van der Waals surface area contributed by atoms with Gasteiger partial charge in [0.2, 0.25) is 0 Å². The fourth-order valence-corrected chi connectivity index (χ4v) is 3.44. The summed E-state index contributed by atoms with van der Waals surface area (Å²) in [5, 5.41) is 0. The molecule has 120 valence electrons. The molecule has 1 aliphatic rings. The van der Waals surface area contributed by atoms with Crippen molar-refractivity contribution in [1.29, 1.82) is 0 Å². The molecule has 1 saturated heterocycles. The van der Waals surface area contributed by atoms with Crippen LogP contribution in [0.25, 0.3) is 0 Å². The number of rotatable bonds is 12. The molecule has 0 bridgehead atoms. The van der Waals surface area contributed by atoms with Crippen molar-refractivity contribution >= 4 is 0 Å². The van der Waals surface area contributed by atoms with Crippen molar-refractivity contribution in [3.05, 3.63) is 0 Å². The third-order valence-corrected chi connectivity index (χ3v) is 4.91. The highest BCUT2D eigenvalue weighted by Gasteiger charge is 2.22. The van der Waals surface area contributed by atoms with Crippen LogP contribution < -0.4 is 0 Å². The standard InChI is InChI=1S/C18H38N2/c1-4-7-8-9-10-11-14-18(17-19(5-2)6-3)20-15-12-13-16-20/h18H,4-17H2,1-3H3. The molecule has 1 heterocycles. The lowest BCUT2D eigenvalue weighted by Crippen LogP contribution is -2.42. The van der Waals surface area contributed by atoms with E-state index in [1.54, 1.807) is 0 Å². The first-order chi connectivity index (χ1) is 9.81. The predicted molar refractivity (Wildman–Crippen MR) is 90.4 cm³/mol. The van der Waals surface area contributed by atoms with Gasteiger partial charge in [0.1, 0.15) is 0 Å². The summed E-state index contributed by atoms with van der Waals surface area (Å²) >= 11 is 0. The van der Waals surface area contributed by atoms with E-state index in [1.807, 2.05) is 0 Å². The van der Waals surface area contributed by atoms with E-state index in [9.17, 15) is 0 Å². The Balaban J connectivity index is 2.26. The second kappa shape index (κ2) is 11.6. The number of hydrogen-bond donors (Lipinski definition) is 0. The maximum atomic E-state index is 2.77. The molecule has 0 aromatic carbocycles. The zero-order valence-corrected chi connectivity index (χ0v) is 14.4. The molecule has 2 nitrogen and oxygen atoms in total. The molecule has 1 rings (SSSR count). The number of unbranched alkanes of at least 4 members (excludes halogenated alkanes) is 5. The molecule has 0 aliphatic carbocycles. The van der Waals surface area contributed by atoms with Crippen LogP contribution in [0.1, 0.15) is 78.6 Å². The van der Waals surface area contributed by atoms with Crippen LogP contribution in [-0.2, 0) is 0 Å². The molecule has 1 unspecified atom stereocenters. The highest BCUT2D eigenvalue weighted by atomic mass is 15.2. The minimum atomic E-state index is 0.823. The molecule has 1 aliphatic heterocycles. The summed E-state index contributed by atoms with van der Waals surface area (Å²) in [5.74, 6) is 0. The summed E-state index contributed by atoms with van der Waals surface area (Å²) in [6.45, 7) is 13.3. The van der Waals surface area contributed by atoms with E-state index < -0.39 is 0 Å². The average molecular weight is 283 g/mol. The normalized spacial score (nSPS) is 18.0. The van der Waals surface area contributed by atoms with Gasteiger partial charge in [-0.3, -0.25) is 4.90 Å². The van der Waals surface area contributed by atoms with Gasteiger partial charge in [0.05, 0.1) is 0 Å². The van der Waals surface area contributed by atoms with Gasteiger partial charge in [-0.05, 0) is 45.4 Å². The Hall–Kier alpha value is -0.0800. The second-order valence-electron chi connectivity index (χ2n) is 6.44. The summed E-state index contributed by atoms with van der Waals surface area (Å²) in [4.78, 5) is 5.38. The van der Waals surface area contributed by atoms with Crippen molar-refractivity contribution in [3.8, 4) is 0 Å². The maximum Gasteiger partial charge on any atom is 0.0223 e. The van der Waals surface area contributed by atoms with Gasteiger partial charge in [0.15, 0.2) is 0 Å². The lowest BCUT2D eigenvalue weighted by Gasteiger charge is -2.32. The monoisotopic (exact) mass is 282 g/mol. The summed E-state index contributed by atoms with van der Waals surface area (Å²) in [7, 11) is 0. The third-order valence-electron chi connectivity index (χ3n) is 4.91. The van der Waals surface area contributed by atoms with Crippen LogP contribution >= 0.6 is 0 Å². The Morgan fingerprint density at radius 2 is 1.45 bits per heavy atom. The van der Waals surface area contributed by atoms with Gasteiger partial charge in [-0.25, -0.2) is 0 Å². The largest absolute Gasteiger partial charge is 0.302 e. The lowest BCUT2D eigenvalue weighted by atomic mass is 10.0. The van der Waals surface area contributed by atoms with Gasteiger partial charge in [-0.1, -0.05) is 59.3 Å². The molecule has 0 radical (unpaired) electrons. The zero-order valence-electron chi connectivity index (χ0n) is 14.4. The van der Waals surface area contributed by atoms with E-state index in [-0.39, 0.29) is 0 Å². The summed E-state index contributed by atoms with van der Waals surface area (Å²) in [6.07, 6.45) is 12.8. The quantitative estimate of drug-likeness (QED) is 0.485. The molecule has 0 aromatic rings. The lowest BCUT2D eigenvalue weighted by molar-refractivity contribution is 0.158. The maximum absolute atomic E-state index is 2.77. The molecule has 1 fully saturated rings. The average Bonchev–Trinajstić information content (AvgIpc) is 3.00. The first-order valence-corrected chi connectivity index (χ1v) is 9.28. The number of hydrogen-bond acceptors (Lipinski definition) is 2. The van der Waals surface area contributed by atoms with Gasteiger partial charge >= 0.3 is 0 Å². The highest BCUT2D eigenvalue weighted by Crippen LogP contribution is 2.18. The number of likely N-dealkylation sites (N-methyl/N-ethyl adjacent to an activating group) is 1. The minimum absolute atomic E-state index is 0.823. The van der Waals surface area contributed by atoms with Crippen molar-refractivity contribution in [2.24, 2.45) is 0 Å². The van der Waals surface area contributed by atoms with Gasteiger partial charge in [-0.15, -0.1) is 0 Å². The van der Waals surface area contributed by atoms with Crippen molar-refractivity contribution in [1.82, 2.24) is 9.80 Å². The van der Waals surface area contributed by atoms with E-state index in [0.717, 1.165) is 6.04 Å². The van der Waals surface area contributed by atoms with Crippen LogP contribution in [0.5, 0.6) is 0 Å². The summed E-state index contributed by atoms with van der Waals surface area (Å²) in [5.41, 5.74) is 0. The number of likely N-dealkylation sites (tertiary alicyclic amines) is 1. The summed E-state index contributed by atoms with van der Waals surface area (Å²) < 4.78 is 0. The topological polar surface area (TPSA) is 6.48 Å². The molecule has 0 amide bonds. The molecular formula is C18H38N2. The van der Waals surface area contributed by atoms with Crippen LogP contribution in [0.4, 0.5) is 0 Å². The molecule has 0 N–H and O–H groups in total. The molecule has 1 atom stereocenters. The molecule has 0 spiro atoms. The number of nitrogens with zero attached hydrogens (tertiary/aromatic N) is 2. The Morgan fingerprint density at radius 1 is 0.850 bits per heavy atom. The zero-order chi connectivity index (χ0) is 14.6. The first kappa shape index (κ1) is 18.0. The predicted octanol–water partition coefficient (Wildman–Crippen LogP) is 4.54. The third kappa shape index (κ3) is 7.08. The van der Waals surface area contributed by atoms with Crippen molar-refractivity contribution in [2.45, 2.75) is 84.6 Å². The van der Waals surface area contributed by atoms with E-state index in [2.05, 4.69) is 30.6 Å². The van der Waals surface area contributed by atoms with Crippen molar-refractivity contribution in [2.75, 3.05) is 32.7 Å². The van der Waals surface area contributed by atoms with Gasteiger partial charge in [0.25, 0.3) is 0 Å². The van der Waals surface area contributed by atoms with Crippen molar-refractivity contribution in [3.63, 3.8) is 0 Å². The van der Waals surface area contributed by atoms with E-state index in [4.69, 9.17) is 0 Å². The Labute approximate surface area is 127 Å². The molecule has 0 aromatic heterocycles. The molecular weight excluding hydrogens is 244 g/mol. The van der Waals surface area contributed by atoms with Gasteiger partial charge < -0.3 is 4.90 Å². The first-order valence-electron chi connectivity index (χ1n) is 9.28. The van der Waals surface area contributed by atoms with E-state index in [0.29, 0.717) is 0 Å². The Kier molecular flexibility index (Phi) is 10.4. The van der Waals surface area contributed by atoms with Gasteiger partial charge in [-0.2, -0.15) is 0 Å². The Morgan fingerprint density at radius 3 is 2.05 bits per heavy atom. The van der Waals surface area contributed by atoms with Crippen LogP contribution in [0, 0.1) is 0 Å². The van der Waals surface area contributed by atoms with Crippen LogP contribution in [0.2, 0.25) is 0 Å². The van der Waals surface area contributed by atoms with Crippen LogP contribution in [-0.4, -0.2) is 48.6 Å². The fraction of sp³-hybridized carbons (Fsp3) is 1.00. The fourth-order valence-electron chi connectivity index (χ4n) is 3.44. The van der Waals surface area contributed by atoms with Crippen LogP contribution in [0.3, 0.4) is 0 Å². The van der Waals surface area contributed by atoms with Gasteiger partial charge in [0, 0.05) is 12.6 Å². The second-order valence-corrected chi connectivity index (χ2v) is 6.44. The Bertz CT molecular complexity index is 207. The minimum Gasteiger partial charge on any atom is -0.302 e. The van der Waals surface area contributed by atoms with Crippen LogP contribution in [0.15, 0.2) is 0 Å². The highest BCUT2D eigenvalue weighted by molar-refractivity contribution is 4.79. The smallest absolute Gasteiger partial charge is 0.0223 e. The van der Waals surface area contributed by atoms with Crippen molar-refractivity contribution < 1.29 is 0 Å². The summed E-state index contributed by atoms with van der Waals surface area (Å²) in [6, 6.07) is 0.823. The molecule has 0 saturated carbocycles. The van der Waals surface area contributed by atoms with E-state index >= 15 is 0 Å². The molecule has 20 heavy (non-hydrogen) atoms. The SMILES string of the molecule is CCCCCCCCC(CN(CC)CC)N1CCCC1.